The number of ether oxygens (including phenoxy) is 1. The third-order valence-corrected chi connectivity index (χ3v) is 5.60. The summed E-state index contributed by atoms with van der Waals surface area (Å²) in [5.41, 5.74) is 5.00. The number of imidazole rings is 1. The summed E-state index contributed by atoms with van der Waals surface area (Å²) >= 11 is 1.94. The quantitative estimate of drug-likeness (QED) is 0.598. The Morgan fingerprint density at radius 2 is 1.76 bits per heavy atom. The number of rotatable bonds is 3. The maximum Gasteiger partial charge on any atom is 0.323 e. The molecule has 4 rings (SSSR count). The Morgan fingerprint density at radius 3 is 2.44 bits per heavy atom. The predicted octanol–water partition coefficient (Wildman–Crippen LogP) is 1.25. The number of methoxy groups -OCH3 is 1. The standard InChI is InChI=1S/C20H21N2OS.BrH/c1-15-4-8-17(9-5-15)22-14-19(21-12-3-13-24-20(21)22)16-6-10-18(23-2)11-7-16;/h4-11,14H,3,12-13H2,1-2H3;1H/q+1;/p-1. The largest absolute Gasteiger partial charge is 1.00 e. The van der Waals surface area contributed by atoms with E-state index in [1.54, 1.807) is 7.11 Å². The highest BCUT2D eigenvalue weighted by atomic mass is 79.9. The maximum atomic E-state index is 5.29. The zero-order valence-corrected chi connectivity index (χ0v) is 16.8. The van der Waals surface area contributed by atoms with Crippen molar-refractivity contribution in [3.05, 3.63) is 60.3 Å². The molecule has 2 heterocycles. The lowest BCUT2D eigenvalue weighted by molar-refractivity contribution is -0.724. The molecule has 5 heteroatoms. The van der Waals surface area contributed by atoms with Crippen LogP contribution in [0.3, 0.4) is 0 Å². The first-order chi connectivity index (χ1) is 11.8. The number of thioether (sulfide) groups is 1. The molecule has 1 aromatic heterocycles. The number of hydrogen-bond donors (Lipinski definition) is 0. The van der Waals surface area contributed by atoms with Crippen LogP contribution in [0, 0.1) is 6.92 Å². The predicted molar refractivity (Wildman–Crippen MR) is 98.0 cm³/mol. The molecule has 3 nitrogen and oxygen atoms in total. The second-order valence-corrected chi connectivity index (χ2v) is 7.15. The number of aryl methyl sites for hydroxylation is 1. The summed E-state index contributed by atoms with van der Waals surface area (Å²) in [7, 11) is 1.70. The van der Waals surface area contributed by atoms with Gasteiger partial charge in [-0.15, -0.1) is 0 Å². The summed E-state index contributed by atoms with van der Waals surface area (Å²) in [5.74, 6) is 2.07. The van der Waals surface area contributed by atoms with E-state index in [0.717, 1.165) is 12.3 Å². The van der Waals surface area contributed by atoms with Crippen molar-refractivity contribution in [2.75, 3.05) is 12.9 Å². The van der Waals surface area contributed by atoms with Crippen LogP contribution in [0.25, 0.3) is 16.9 Å². The lowest BCUT2D eigenvalue weighted by Gasteiger charge is -2.10. The van der Waals surface area contributed by atoms with Gasteiger partial charge in [0.25, 0.3) is 0 Å². The van der Waals surface area contributed by atoms with Gasteiger partial charge in [-0.2, -0.15) is 4.57 Å². The van der Waals surface area contributed by atoms with Crippen LogP contribution in [-0.4, -0.2) is 17.4 Å². The van der Waals surface area contributed by atoms with Crippen LogP contribution in [0.4, 0.5) is 0 Å². The van der Waals surface area contributed by atoms with Crippen LogP contribution in [0.5, 0.6) is 5.75 Å². The fourth-order valence-corrected chi connectivity index (χ4v) is 4.21. The van der Waals surface area contributed by atoms with Crippen LogP contribution in [0.2, 0.25) is 0 Å². The second-order valence-electron chi connectivity index (χ2n) is 6.08. The Morgan fingerprint density at radius 1 is 1.04 bits per heavy atom. The zero-order chi connectivity index (χ0) is 16.5. The van der Waals surface area contributed by atoms with Crippen LogP contribution >= 0.6 is 11.8 Å². The molecular weight excluding hydrogens is 396 g/mol. The minimum atomic E-state index is 0. The highest BCUT2D eigenvalue weighted by molar-refractivity contribution is 7.99. The van der Waals surface area contributed by atoms with Crippen LogP contribution in [-0.2, 0) is 6.54 Å². The molecule has 0 amide bonds. The molecule has 130 valence electrons. The van der Waals surface area contributed by atoms with E-state index in [9.17, 15) is 0 Å². The van der Waals surface area contributed by atoms with Crippen molar-refractivity contribution < 1.29 is 26.3 Å². The van der Waals surface area contributed by atoms with Gasteiger partial charge in [-0.1, -0.05) is 17.7 Å². The van der Waals surface area contributed by atoms with E-state index in [1.165, 1.54) is 39.8 Å². The molecule has 0 bridgehead atoms. The fraction of sp³-hybridized carbons (Fsp3) is 0.250. The zero-order valence-electron chi connectivity index (χ0n) is 14.4. The molecule has 0 radical (unpaired) electrons. The average Bonchev–Trinajstić information content (AvgIpc) is 3.02. The molecular formula is C20H21BrN2OS. The number of benzene rings is 2. The molecule has 0 aliphatic carbocycles. The Kier molecular flexibility index (Phi) is 5.54. The summed E-state index contributed by atoms with van der Waals surface area (Å²) in [6, 6.07) is 17.1. The minimum Gasteiger partial charge on any atom is -1.00 e. The van der Waals surface area contributed by atoms with Gasteiger partial charge >= 0.3 is 5.16 Å². The first-order valence-corrected chi connectivity index (χ1v) is 9.24. The van der Waals surface area contributed by atoms with Gasteiger partial charge in [-0.05, 0) is 61.5 Å². The molecule has 0 unspecified atom stereocenters. The molecule has 0 fully saturated rings. The number of halogens is 1. The number of fused-ring (bicyclic) bond motifs is 1. The molecule has 1 aliphatic heterocycles. The average molecular weight is 417 g/mol. The lowest BCUT2D eigenvalue weighted by Crippen LogP contribution is -3.00. The highest BCUT2D eigenvalue weighted by Gasteiger charge is 2.28. The van der Waals surface area contributed by atoms with Gasteiger partial charge in [0, 0.05) is 11.3 Å². The van der Waals surface area contributed by atoms with Gasteiger partial charge in [-0.25, -0.2) is 4.57 Å². The molecule has 0 saturated heterocycles. The smallest absolute Gasteiger partial charge is 0.323 e. The van der Waals surface area contributed by atoms with E-state index in [4.69, 9.17) is 4.74 Å². The molecule has 1 aliphatic rings. The van der Waals surface area contributed by atoms with Gasteiger partial charge in [0.15, 0.2) is 5.69 Å². The second kappa shape index (κ2) is 7.67. The van der Waals surface area contributed by atoms with E-state index >= 15 is 0 Å². The topological polar surface area (TPSA) is 18.0 Å². The van der Waals surface area contributed by atoms with Crippen molar-refractivity contribution in [2.24, 2.45) is 0 Å². The van der Waals surface area contributed by atoms with E-state index in [-0.39, 0.29) is 17.0 Å². The van der Waals surface area contributed by atoms with Crippen molar-refractivity contribution in [1.82, 2.24) is 4.57 Å². The van der Waals surface area contributed by atoms with Gasteiger partial charge < -0.3 is 21.7 Å². The first kappa shape index (κ1) is 18.1. The fourth-order valence-electron chi connectivity index (χ4n) is 3.11. The number of aromatic nitrogens is 2. The van der Waals surface area contributed by atoms with Crippen molar-refractivity contribution in [1.29, 1.82) is 0 Å². The molecule has 0 N–H and O–H groups in total. The summed E-state index contributed by atoms with van der Waals surface area (Å²) in [4.78, 5) is 0. The highest BCUT2D eigenvalue weighted by Crippen LogP contribution is 2.29. The van der Waals surface area contributed by atoms with Crippen LogP contribution in [0.1, 0.15) is 12.0 Å². The molecule has 0 saturated carbocycles. The van der Waals surface area contributed by atoms with E-state index in [2.05, 4.69) is 58.7 Å². The van der Waals surface area contributed by atoms with Gasteiger partial charge in [0.05, 0.1) is 13.7 Å². The minimum absolute atomic E-state index is 0. The Balaban J connectivity index is 0.00000182. The van der Waals surface area contributed by atoms with Crippen molar-refractivity contribution in [3.8, 4) is 22.7 Å². The summed E-state index contributed by atoms with van der Waals surface area (Å²) in [6.07, 6.45) is 3.48. The molecule has 0 atom stereocenters. The summed E-state index contributed by atoms with van der Waals surface area (Å²) < 4.78 is 10.0. The third kappa shape index (κ3) is 3.48. The summed E-state index contributed by atoms with van der Waals surface area (Å²) in [6.45, 7) is 3.20. The Labute approximate surface area is 163 Å². The Hall–Kier alpha value is -1.72. The van der Waals surface area contributed by atoms with E-state index < -0.39 is 0 Å². The van der Waals surface area contributed by atoms with Crippen molar-refractivity contribution >= 4 is 11.8 Å². The van der Waals surface area contributed by atoms with Crippen molar-refractivity contribution in [3.63, 3.8) is 0 Å². The monoisotopic (exact) mass is 416 g/mol. The van der Waals surface area contributed by atoms with E-state index in [1.807, 2.05) is 23.9 Å². The Bertz CT molecular complexity index is 857. The number of nitrogens with zero attached hydrogens (tertiary/aromatic N) is 2. The normalized spacial score (nSPS) is 13.0. The third-order valence-electron chi connectivity index (χ3n) is 4.43. The van der Waals surface area contributed by atoms with Crippen molar-refractivity contribution in [2.45, 2.75) is 25.0 Å². The van der Waals surface area contributed by atoms with Crippen LogP contribution in [0.15, 0.2) is 59.9 Å². The van der Waals surface area contributed by atoms with E-state index in [0.29, 0.717) is 0 Å². The molecule has 0 spiro atoms. The summed E-state index contributed by atoms with van der Waals surface area (Å²) in [5, 5.41) is 1.32. The van der Waals surface area contributed by atoms with Gasteiger partial charge in [0.2, 0.25) is 0 Å². The van der Waals surface area contributed by atoms with Crippen LogP contribution < -0.4 is 26.3 Å². The SMILES string of the molecule is COc1ccc(-c2cn(-c3ccc(C)cc3)c3[n+]2CCCS3)cc1.[Br-]. The molecule has 2 aromatic carbocycles. The maximum absolute atomic E-state index is 5.29. The van der Waals surface area contributed by atoms with Gasteiger partial charge in [-0.3, -0.25) is 0 Å². The number of hydrogen-bond acceptors (Lipinski definition) is 2. The first-order valence-electron chi connectivity index (χ1n) is 8.26. The molecule has 25 heavy (non-hydrogen) atoms. The lowest BCUT2D eigenvalue weighted by atomic mass is 10.1. The molecule has 3 aromatic rings. The van der Waals surface area contributed by atoms with Gasteiger partial charge in [0.1, 0.15) is 17.6 Å².